The molecule has 1 aliphatic rings. The summed E-state index contributed by atoms with van der Waals surface area (Å²) in [6.07, 6.45) is 3.50. The standard InChI is InChI=1S/C18H20N4O2.2ClH/c23-17(15-8-4-10-20-15)21-12-13-5-3-6-14(11-13)22-18(24)16-7-1-2-9-19-16;;/h1-3,5-7,9,11,15,20H,4,8,10,12H2,(H,21,23)(H,22,24);2*1H. The Kier molecular flexibility index (Phi) is 9.05. The number of nitrogens with one attached hydrogen (secondary N) is 3. The van der Waals surface area contributed by atoms with Gasteiger partial charge in [0, 0.05) is 18.4 Å². The third kappa shape index (κ3) is 5.98. The van der Waals surface area contributed by atoms with Crippen LogP contribution in [-0.2, 0) is 11.3 Å². The number of anilines is 1. The van der Waals surface area contributed by atoms with E-state index in [-0.39, 0.29) is 42.7 Å². The topological polar surface area (TPSA) is 83.1 Å². The summed E-state index contributed by atoms with van der Waals surface area (Å²) in [6, 6.07) is 12.5. The van der Waals surface area contributed by atoms with Gasteiger partial charge in [0.1, 0.15) is 5.69 Å². The quantitative estimate of drug-likeness (QED) is 0.724. The molecule has 6 nitrogen and oxygen atoms in total. The summed E-state index contributed by atoms with van der Waals surface area (Å²) < 4.78 is 0. The molecule has 0 spiro atoms. The van der Waals surface area contributed by atoms with E-state index in [0.29, 0.717) is 17.9 Å². The summed E-state index contributed by atoms with van der Waals surface area (Å²) in [7, 11) is 0. The van der Waals surface area contributed by atoms with Crippen LogP contribution >= 0.6 is 24.8 Å². The minimum Gasteiger partial charge on any atom is -0.351 e. The maximum absolute atomic E-state index is 12.1. The average Bonchev–Trinajstić information content (AvgIpc) is 3.15. The lowest BCUT2D eigenvalue weighted by Crippen LogP contribution is -2.40. The molecule has 26 heavy (non-hydrogen) atoms. The molecule has 1 aromatic heterocycles. The van der Waals surface area contributed by atoms with Crippen molar-refractivity contribution in [3.63, 3.8) is 0 Å². The molecule has 1 atom stereocenters. The zero-order chi connectivity index (χ0) is 16.8. The van der Waals surface area contributed by atoms with Gasteiger partial charge in [0.25, 0.3) is 5.91 Å². The SMILES string of the molecule is Cl.Cl.O=C(Nc1cccc(CNC(=O)C2CCCN2)c1)c1ccccn1. The number of nitrogens with zero attached hydrogens (tertiary/aromatic N) is 1. The first-order chi connectivity index (χ1) is 11.7. The lowest BCUT2D eigenvalue weighted by molar-refractivity contribution is -0.122. The molecule has 140 valence electrons. The Bertz CT molecular complexity index is 722. The highest BCUT2D eigenvalue weighted by Gasteiger charge is 2.21. The van der Waals surface area contributed by atoms with Crippen LogP contribution in [0.15, 0.2) is 48.7 Å². The first kappa shape index (κ1) is 21.9. The Morgan fingerprint density at radius 3 is 2.69 bits per heavy atom. The second-order valence-electron chi connectivity index (χ2n) is 5.74. The van der Waals surface area contributed by atoms with E-state index in [2.05, 4.69) is 20.9 Å². The number of amides is 2. The van der Waals surface area contributed by atoms with Gasteiger partial charge in [-0.15, -0.1) is 24.8 Å². The molecule has 3 N–H and O–H groups in total. The molecular weight excluding hydrogens is 375 g/mol. The van der Waals surface area contributed by atoms with E-state index >= 15 is 0 Å². The molecule has 0 saturated carbocycles. The van der Waals surface area contributed by atoms with E-state index in [9.17, 15) is 9.59 Å². The number of halogens is 2. The number of carbonyl (C=O) groups excluding carboxylic acids is 2. The molecule has 0 aliphatic carbocycles. The van der Waals surface area contributed by atoms with E-state index < -0.39 is 0 Å². The van der Waals surface area contributed by atoms with Gasteiger partial charge in [-0.05, 0) is 49.2 Å². The minimum atomic E-state index is -0.257. The largest absolute Gasteiger partial charge is 0.351 e. The van der Waals surface area contributed by atoms with Gasteiger partial charge in [0.05, 0.1) is 6.04 Å². The number of benzene rings is 1. The predicted molar refractivity (Wildman–Crippen MR) is 106 cm³/mol. The van der Waals surface area contributed by atoms with Crippen LogP contribution in [0.4, 0.5) is 5.69 Å². The smallest absolute Gasteiger partial charge is 0.274 e. The molecular formula is C18H22Cl2N4O2. The van der Waals surface area contributed by atoms with E-state index in [0.717, 1.165) is 24.9 Å². The van der Waals surface area contributed by atoms with Crippen molar-refractivity contribution in [3.05, 3.63) is 59.9 Å². The summed E-state index contributed by atoms with van der Waals surface area (Å²) >= 11 is 0. The lowest BCUT2D eigenvalue weighted by Gasteiger charge is -2.12. The highest BCUT2D eigenvalue weighted by Crippen LogP contribution is 2.12. The van der Waals surface area contributed by atoms with Crippen LogP contribution in [0.25, 0.3) is 0 Å². The summed E-state index contributed by atoms with van der Waals surface area (Å²) in [4.78, 5) is 28.2. The van der Waals surface area contributed by atoms with Gasteiger partial charge in [-0.25, -0.2) is 0 Å². The highest BCUT2D eigenvalue weighted by atomic mass is 35.5. The van der Waals surface area contributed by atoms with E-state index in [1.54, 1.807) is 24.4 Å². The zero-order valence-electron chi connectivity index (χ0n) is 14.1. The normalized spacial score (nSPS) is 15.3. The third-order valence-electron chi connectivity index (χ3n) is 3.93. The molecule has 0 radical (unpaired) electrons. The number of hydrogen-bond acceptors (Lipinski definition) is 4. The van der Waals surface area contributed by atoms with Crippen molar-refractivity contribution in [2.24, 2.45) is 0 Å². The number of pyridine rings is 1. The van der Waals surface area contributed by atoms with Gasteiger partial charge in [0.2, 0.25) is 5.91 Å². The number of rotatable bonds is 5. The first-order valence-electron chi connectivity index (χ1n) is 8.05. The van der Waals surface area contributed by atoms with Crippen molar-refractivity contribution < 1.29 is 9.59 Å². The van der Waals surface area contributed by atoms with Crippen LogP contribution in [0.1, 0.15) is 28.9 Å². The highest BCUT2D eigenvalue weighted by molar-refractivity contribution is 6.02. The fraction of sp³-hybridized carbons (Fsp3) is 0.278. The molecule has 1 unspecified atom stereocenters. The Morgan fingerprint density at radius 1 is 1.15 bits per heavy atom. The molecule has 1 saturated heterocycles. The van der Waals surface area contributed by atoms with Crippen molar-refractivity contribution in [2.45, 2.75) is 25.4 Å². The second-order valence-corrected chi connectivity index (χ2v) is 5.74. The summed E-state index contributed by atoms with van der Waals surface area (Å²) in [5, 5.41) is 8.91. The monoisotopic (exact) mass is 396 g/mol. The van der Waals surface area contributed by atoms with Gasteiger partial charge in [-0.2, -0.15) is 0 Å². The van der Waals surface area contributed by atoms with Crippen LogP contribution in [0.2, 0.25) is 0 Å². The second kappa shape index (κ2) is 10.8. The molecule has 2 amide bonds. The molecule has 0 bridgehead atoms. The molecule has 2 aromatic rings. The molecule has 1 aliphatic heterocycles. The Morgan fingerprint density at radius 2 is 2.00 bits per heavy atom. The van der Waals surface area contributed by atoms with Gasteiger partial charge < -0.3 is 16.0 Å². The molecule has 1 fully saturated rings. The van der Waals surface area contributed by atoms with E-state index in [1.807, 2.05) is 24.3 Å². The Labute approximate surface area is 165 Å². The van der Waals surface area contributed by atoms with Gasteiger partial charge in [0.15, 0.2) is 0 Å². The van der Waals surface area contributed by atoms with Crippen molar-refractivity contribution in [1.82, 2.24) is 15.6 Å². The Balaban J connectivity index is 0.00000169. The predicted octanol–water partition coefficient (Wildman–Crippen LogP) is 2.55. The average molecular weight is 397 g/mol. The van der Waals surface area contributed by atoms with Crippen molar-refractivity contribution >= 4 is 42.3 Å². The van der Waals surface area contributed by atoms with Crippen LogP contribution < -0.4 is 16.0 Å². The summed E-state index contributed by atoms with van der Waals surface area (Å²) in [5.74, 6) is -0.234. The number of aromatic nitrogens is 1. The molecule has 2 heterocycles. The first-order valence-corrected chi connectivity index (χ1v) is 8.05. The van der Waals surface area contributed by atoms with Gasteiger partial charge in [-0.3, -0.25) is 14.6 Å². The number of hydrogen-bond donors (Lipinski definition) is 3. The fourth-order valence-corrected chi connectivity index (χ4v) is 2.67. The molecule has 8 heteroatoms. The summed E-state index contributed by atoms with van der Waals surface area (Å²) in [6.45, 7) is 1.33. The van der Waals surface area contributed by atoms with Crippen molar-refractivity contribution in [1.29, 1.82) is 0 Å². The van der Waals surface area contributed by atoms with Crippen LogP contribution in [0.5, 0.6) is 0 Å². The Hall–Kier alpha value is -2.15. The maximum Gasteiger partial charge on any atom is 0.274 e. The molecule has 1 aromatic carbocycles. The van der Waals surface area contributed by atoms with Gasteiger partial charge in [-0.1, -0.05) is 18.2 Å². The summed E-state index contributed by atoms with van der Waals surface area (Å²) in [5.41, 5.74) is 1.97. The van der Waals surface area contributed by atoms with E-state index in [4.69, 9.17) is 0 Å². The zero-order valence-corrected chi connectivity index (χ0v) is 15.7. The van der Waals surface area contributed by atoms with Crippen molar-refractivity contribution in [2.75, 3.05) is 11.9 Å². The third-order valence-corrected chi connectivity index (χ3v) is 3.93. The van der Waals surface area contributed by atoms with Crippen LogP contribution in [0.3, 0.4) is 0 Å². The number of carbonyl (C=O) groups is 2. The van der Waals surface area contributed by atoms with Crippen LogP contribution in [0, 0.1) is 0 Å². The van der Waals surface area contributed by atoms with Crippen molar-refractivity contribution in [3.8, 4) is 0 Å². The fourth-order valence-electron chi connectivity index (χ4n) is 2.67. The maximum atomic E-state index is 12.1. The van der Waals surface area contributed by atoms with Gasteiger partial charge >= 0.3 is 0 Å². The van der Waals surface area contributed by atoms with Crippen LogP contribution in [-0.4, -0.2) is 29.4 Å². The lowest BCUT2D eigenvalue weighted by atomic mass is 10.1. The van der Waals surface area contributed by atoms with E-state index in [1.165, 1.54) is 0 Å². The minimum absolute atomic E-state index is 0. The molecule has 3 rings (SSSR count).